The van der Waals surface area contributed by atoms with Gasteiger partial charge in [0.25, 0.3) is 0 Å². The first-order valence-corrected chi connectivity index (χ1v) is 12.8. The normalized spacial score (nSPS) is 11.7. The lowest BCUT2D eigenvalue weighted by Gasteiger charge is -2.32. The molecule has 3 aromatic rings. The molecule has 0 spiro atoms. The fourth-order valence-electron chi connectivity index (χ4n) is 3.85. The molecule has 1 N–H and O–H groups in total. The largest absolute Gasteiger partial charge is 0.354 e. The molecule has 0 aliphatic rings. The van der Waals surface area contributed by atoms with Crippen LogP contribution in [0.1, 0.15) is 36.5 Å². The summed E-state index contributed by atoms with van der Waals surface area (Å²) < 4.78 is 15.4. The molecular formula is C28H29BrClFN2O2. The number of carbonyl (C=O) groups excluding carboxylic acids is 2. The molecule has 0 bridgehead atoms. The molecule has 0 saturated heterocycles. The van der Waals surface area contributed by atoms with Gasteiger partial charge in [-0.3, -0.25) is 9.59 Å². The van der Waals surface area contributed by atoms with Crippen molar-refractivity contribution < 1.29 is 14.0 Å². The molecule has 4 nitrogen and oxygen atoms in total. The van der Waals surface area contributed by atoms with Gasteiger partial charge in [-0.25, -0.2) is 4.39 Å². The van der Waals surface area contributed by atoms with Crippen LogP contribution in [0, 0.1) is 5.82 Å². The predicted octanol–water partition coefficient (Wildman–Crippen LogP) is 6.34. The molecule has 0 aliphatic carbocycles. The standard InChI is InChI=1S/C28H29BrClFN2O2/c1-2-3-15-32-28(35)26(17-20-9-5-4-6-10-20)33(19-21-11-7-12-22(29)16-21)27(34)18-23-24(30)13-8-14-25(23)31/h4-14,16,26H,2-3,15,17-19H2,1H3,(H,32,35). The number of rotatable bonds is 11. The molecule has 0 saturated carbocycles. The SMILES string of the molecule is CCCCNC(=O)C(Cc1ccccc1)N(Cc1cccc(Br)c1)C(=O)Cc1c(F)cccc1Cl. The molecule has 0 fully saturated rings. The van der Waals surface area contributed by atoms with E-state index in [1.165, 1.54) is 12.1 Å². The molecule has 1 atom stereocenters. The second kappa shape index (κ2) is 13.4. The molecule has 0 aromatic heterocycles. The van der Waals surface area contributed by atoms with Crippen LogP contribution in [0.15, 0.2) is 77.3 Å². The second-order valence-electron chi connectivity index (χ2n) is 8.38. The Balaban J connectivity index is 1.98. The van der Waals surface area contributed by atoms with Crippen molar-refractivity contribution in [1.29, 1.82) is 0 Å². The molecule has 0 aliphatic heterocycles. The summed E-state index contributed by atoms with van der Waals surface area (Å²) in [7, 11) is 0. The number of nitrogens with zero attached hydrogens (tertiary/aromatic N) is 1. The van der Waals surface area contributed by atoms with E-state index in [-0.39, 0.29) is 35.4 Å². The third kappa shape index (κ3) is 7.91. The van der Waals surface area contributed by atoms with E-state index < -0.39 is 11.9 Å². The molecule has 3 rings (SSSR count). The maximum Gasteiger partial charge on any atom is 0.243 e. The second-order valence-corrected chi connectivity index (χ2v) is 9.70. The van der Waals surface area contributed by atoms with Gasteiger partial charge in [-0.1, -0.05) is 89.4 Å². The first-order valence-electron chi connectivity index (χ1n) is 11.7. The minimum Gasteiger partial charge on any atom is -0.354 e. The number of amides is 2. The first-order chi connectivity index (χ1) is 16.9. The zero-order chi connectivity index (χ0) is 25.2. The van der Waals surface area contributed by atoms with Crippen molar-refractivity contribution in [3.8, 4) is 0 Å². The maximum absolute atomic E-state index is 14.5. The Bertz CT molecular complexity index is 1120. The number of nitrogens with one attached hydrogen (secondary N) is 1. The lowest BCUT2D eigenvalue weighted by Crippen LogP contribution is -2.51. The van der Waals surface area contributed by atoms with Gasteiger partial charge in [-0.15, -0.1) is 0 Å². The zero-order valence-corrected chi connectivity index (χ0v) is 22.0. The van der Waals surface area contributed by atoms with Crippen LogP contribution in [0.3, 0.4) is 0 Å². The van der Waals surface area contributed by atoms with Crippen LogP contribution < -0.4 is 5.32 Å². The molecule has 0 radical (unpaired) electrons. The van der Waals surface area contributed by atoms with Crippen molar-refractivity contribution in [1.82, 2.24) is 10.2 Å². The minimum absolute atomic E-state index is 0.128. The van der Waals surface area contributed by atoms with E-state index in [0.717, 1.165) is 28.4 Å². The van der Waals surface area contributed by atoms with E-state index in [0.29, 0.717) is 13.0 Å². The molecular weight excluding hydrogens is 531 g/mol. The smallest absolute Gasteiger partial charge is 0.243 e. The number of benzene rings is 3. The summed E-state index contributed by atoms with van der Waals surface area (Å²) in [6.07, 6.45) is 1.88. The Morgan fingerprint density at radius 3 is 2.43 bits per heavy atom. The van der Waals surface area contributed by atoms with E-state index in [1.807, 2.05) is 54.6 Å². The number of hydrogen-bond donors (Lipinski definition) is 1. The van der Waals surface area contributed by atoms with Crippen molar-refractivity contribution in [2.75, 3.05) is 6.54 Å². The van der Waals surface area contributed by atoms with Crippen molar-refractivity contribution in [3.63, 3.8) is 0 Å². The van der Waals surface area contributed by atoms with Crippen LogP contribution in [-0.4, -0.2) is 29.3 Å². The van der Waals surface area contributed by atoms with E-state index in [2.05, 4.69) is 28.2 Å². The van der Waals surface area contributed by atoms with Crippen molar-refractivity contribution >= 4 is 39.3 Å². The molecule has 1 unspecified atom stereocenters. The van der Waals surface area contributed by atoms with Gasteiger partial charge in [0.2, 0.25) is 11.8 Å². The van der Waals surface area contributed by atoms with E-state index in [1.54, 1.807) is 11.0 Å². The third-order valence-corrected chi connectivity index (χ3v) is 6.58. The van der Waals surface area contributed by atoms with Crippen LogP contribution in [0.5, 0.6) is 0 Å². The summed E-state index contributed by atoms with van der Waals surface area (Å²) in [5.41, 5.74) is 1.91. The average Bonchev–Trinajstić information content (AvgIpc) is 2.84. The van der Waals surface area contributed by atoms with Crippen molar-refractivity contribution in [2.45, 2.75) is 45.2 Å². The Kier molecular flexibility index (Phi) is 10.3. The highest BCUT2D eigenvalue weighted by Gasteiger charge is 2.31. The van der Waals surface area contributed by atoms with Crippen molar-refractivity contribution in [3.05, 3.63) is 105 Å². The topological polar surface area (TPSA) is 49.4 Å². The molecule has 7 heteroatoms. The summed E-state index contributed by atoms with van der Waals surface area (Å²) in [6.45, 7) is 2.77. The molecule has 3 aromatic carbocycles. The number of unbranched alkanes of at least 4 members (excludes halogenated alkanes) is 1. The Morgan fingerprint density at radius 2 is 1.74 bits per heavy atom. The van der Waals surface area contributed by atoms with Crippen LogP contribution in [0.2, 0.25) is 5.02 Å². The highest BCUT2D eigenvalue weighted by molar-refractivity contribution is 9.10. The van der Waals surface area contributed by atoms with Gasteiger partial charge in [-0.2, -0.15) is 0 Å². The quantitative estimate of drug-likeness (QED) is 0.279. The highest BCUT2D eigenvalue weighted by atomic mass is 79.9. The summed E-state index contributed by atoms with van der Waals surface area (Å²) in [4.78, 5) is 28.6. The van der Waals surface area contributed by atoms with E-state index in [9.17, 15) is 14.0 Å². The number of hydrogen-bond acceptors (Lipinski definition) is 2. The molecule has 0 heterocycles. The monoisotopic (exact) mass is 558 g/mol. The first kappa shape index (κ1) is 26.9. The Hall–Kier alpha value is -2.70. The summed E-state index contributed by atoms with van der Waals surface area (Å²) in [5, 5.41) is 3.17. The fraction of sp³-hybridized carbons (Fsp3) is 0.286. The Labute approximate surface area is 219 Å². The Morgan fingerprint density at radius 1 is 1.03 bits per heavy atom. The number of carbonyl (C=O) groups is 2. The average molecular weight is 560 g/mol. The number of halogens is 3. The van der Waals surface area contributed by atoms with Crippen LogP contribution >= 0.6 is 27.5 Å². The van der Waals surface area contributed by atoms with E-state index in [4.69, 9.17) is 11.6 Å². The lowest BCUT2D eigenvalue weighted by atomic mass is 10.0. The van der Waals surface area contributed by atoms with Crippen molar-refractivity contribution in [2.24, 2.45) is 0 Å². The van der Waals surface area contributed by atoms with E-state index >= 15 is 0 Å². The molecule has 184 valence electrons. The molecule has 2 amide bonds. The van der Waals surface area contributed by atoms with Gasteiger partial charge in [0.1, 0.15) is 11.9 Å². The maximum atomic E-state index is 14.5. The van der Waals surface area contributed by atoms with Crippen LogP contribution in [0.25, 0.3) is 0 Å². The highest BCUT2D eigenvalue weighted by Crippen LogP contribution is 2.23. The van der Waals surface area contributed by atoms with Gasteiger partial charge in [-0.05, 0) is 41.8 Å². The van der Waals surface area contributed by atoms with Gasteiger partial charge < -0.3 is 10.2 Å². The fourth-order valence-corrected chi connectivity index (χ4v) is 4.52. The lowest BCUT2D eigenvalue weighted by molar-refractivity contribution is -0.140. The van der Waals surface area contributed by atoms with Crippen LogP contribution in [0.4, 0.5) is 4.39 Å². The van der Waals surface area contributed by atoms with Gasteiger partial charge in [0.05, 0.1) is 6.42 Å². The van der Waals surface area contributed by atoms with Gasteiger partial charge in [0, 0.05) is 34.6 Å². The third-order valence-electron chi connectivity index (χ3n) is 5.73. The van der Waals surface area contributed by atoms with Gasteiger partial charge >= 0.3 is 0 Å². The summed E-state index contributed by atoms with van der Waals surface area (Å²) in [6, 6.07) is 20.7. The van der Waals surface area contributed by atoms with Crippen LogP contribution in [-0.2, 0) is 29.0 Å². The predicted molar refractivity (Wildman–Crippen MR) is 142 cm³/mol. The summed E-state index contributed by atoms with van der Waals surface area (Å²) >= 11 is 9.69. The summed E-state index contributed by atoms with van der Waals surface area (Å²) in [5.74, 6) is -1.14. The van der Waals surface area contributed by atoms with Gasteiger partial charge in [0.15, 0.2) is 0 Å². The zero-order valence-electron chi connectivity index (χ0n) is 19.6. The minimum atomic E-state index is -0.772. The molecule has 35 heavy (non-hydrogen) atoms.